The van der Waals surface area contributed by atoms with Gasteiger partial charge < -0.3 is 28.4 Å². The topological polar surface area (TPSA) is 107 Å². The van der Waals surface area contributed by atoms with Crippen LogP contribution in [0.25, 0.3) is 18.2 Å². The molecule has 0 aromatic heterocycles. The average molecular weight is 1250 g/mol. The van der Waals surface area contributed by atoms with Crippen molar-refractivity contribution in [3.05, 3.63) is 106 Å². The first-order valence-electron chi connectivity index (χ1n) is 36.9. The van der Waals surface area contributed by atoms with Crippen molar-refractivity contribution in [3.63, 3.8) is 0 Å². The van der Waals surface area contributed by atoms with Gasteiger partial charge in [0.25, 0.3) is 0 Å². The van der Waals surface area contributed by atoms with Crippen LogP contribution in [-0.2, 0) is 28.6 Å². The van der Waals surface area contributed by atoms with Gasteiger partial charge in [-0.15, -0.1) is 0 Å². The Morgan fingerprint density at radius 1 is 0.289 bits per heavy atom. The van der Waals surface area contributed by atoms with Gasteiger partial charge in [0, 0.05) is 16.7 Å². The molecule has 3 aromatic carbocycles. The molecule has 0 fully saturated rings. The third-order valence-corrected chi connectivity index (χ3v) is 17.1. The van der Waals surface area contributed by atoms with E-state index < -0.39 is 24.0 Å². The van der Waals surface area contributed by atoms with Crippen molar-refractivity contribution in [2.24, 2.45) is 0 Å². The first kappa shape index (κ1) is 78.9. The molecule has 0 saturated carbocycles. The first-order valence-corrected chi connectivity index (χ1v) is 36.9. The largest absolute Gasteiger partial charge is 0.494 e. The van der Waals surface area contributed by atoms with E-state index in [4.69, 9.17) is 28.4 Å². The number of hydrogen-bond donors (Lipinski definition) is 0. The van der Waals surface area contributed by atoms with Crippen molar-refractivity contribution < 1.29 is 42.8 Å². The van der Waals surface area contributed by atoms with Crippen molar-refractivity contribution in [1.29, 1.82) is 0 Å². The molecule has 506 valence electrons. The molecule has 0 spiro atoms. The molecule has 0 aliphatic carbocycles. The molecule has 0 radical (unpaired) electrons. The van der Waals surface area contributed by atoms with E-state index in [1.807, 2.05) is 72.8 Å². The van der Waals surface area contributed by atoms with Gasteiger partial charge in [-0.3, -0.25) is 0 Å². The highest BCUT2D eigenvalue weighted by Gasteiger charge is 2.22. The van der Waals surface area contributed by atoms with Gasteiger partial charge in [-0.1, -0.05) is 308 Å². The summed E-state index contributed by atoms with van der Waals surface area (Å²) in [6.07, 6.45) is 59.5. The number of rotatable bonds is 59. The second-order valence-electron chi connectivity index (χ2n) is 25.7. The van der Waals surface area contributed by atoms with Crippen LogP contribution < -0.4 is 14.2 Å². The smallest absolute Gasteiger partial charge is 0.334 e. The Kier molecular flexibility index (Phi) is 48.5. The van der Waals surface area contributed by atoms with Gasteiger partial charge in [-0.2, -0.15) is 0 Å². The summed E-state index contributed by atoms with van der Waals surface area (Å²) < 4.78 is 35.5. The summed E-state index contributed by atoms with van der Waals surface area (Å²) in [6.45, 7) is 13.2. The number of unbranched alkanes of at least 4 members (excludes halogenated alkanes) is 39. The zero-order valence-corrected chi connectivity index (χ0v) is 58.1. The number of hydrogen-bond acceptors (Lipinski definition) is 9. The van der Waals surface area contributed by atoms with E-state index in [0.717, 1.165) is 53.2 Å². The van der Waals surface area contributed by atoms with Crippen LogP contribution in [0.5, 0.6) is 17.2 Å². The summed E-state index contributed by atoms with van der Waals surface area (Å²) in [6, 6.07) is 23.0. The summed E-state index contributed by atoms with van der Waals surface area (Å²) in [5.74, 6) is 0.585. The fourth-order valence-corrected chi connectivity index (χ4v) is 11.3. The minimum absolute atomic E-state index is 0.322. The number of carbonyl (C=O) groups excluding carboxylic acids is 3. The molecule has 0 amide bonds. The zero-order valence-electron chi connectivity index (χ0n) is 58.1. The minimum atomic E-state index is -1.08. The molecule has 0 saturated heterocycles. The molecule has 9 nitrogen and oxygen atoms in total. The predicted molar refractivity (Wildman–Crippen MR) is 379 cm³/mol. The summed E-state index contributed by atoms with van der Waals surface area (Å²) in [4.78, 5) is 40.5. The third kappa shape index (κ3) is 42.7. The fourth-order valence-electron chi connectivity index (χ4n) is 11.3. The van der Waals surface area contributed by atoms with Crippen molar-refractivity contribution >= 4 is 36.1 Å². The second-order valence-corrected chi connectivity index (χ2v) is 25.7. The van der Waals surface area contributed by atoms with Crippen LogP contribution in [-0.4, -0.2) is 57.0 Å². The molecule has 0 aliphatic rings. The number of esters is 3. The average Bonchev–Trinajstić information content (AvgIpc) is 3.75. The Morgan fingerprint density at radius 3 is 0.711 bits per heavy atom. The molecule has 0 aliphatic heterocycles. The summed E-state index contributed by atoms with van der Waals surface area (Å²) in [5, 5.41) is 0. The Balaban J connectivity index is 1.47. The first-order chi connectivity index (χ1) is 44.1. The van der Waals surface area contributed by atoms with Gasteiger partial charge in [0.1, 0.15) is 30.5 Å². The lowest BCUT2D eigenvalue weighted by atomic mass is 10.0. The van der Waals surface area contributed by atoms with Crippen molar-refractivity contribution in [3.8, 4) is 17.2 Å². The molecule has 0 unspecified atom stereocenters. The Bertz CT molecular complexity index is 2200. The molecule has 0 atom stereocenters. The van der Waals surface area contributed by atoms with Gasteiger partial charge in [0.15, 0.2) is 6.10 Å². The maximum absolute atomic E-state index is 13.6. The second kappa shape index (κ2) is 55.3. The molecule has 90 heavy (non-hydrogen) atoms. The molecule has 3 rings (SSSR count). The number of carbonyl (C=O) groups is 3. The number of ether oxygens (including phenoxy) is 6. The SMILES string of the molecule is CCCCCCCCCCCCCCCCOc1ccc(/C=C(\C)C(=O)OCC(COC(=O)/C(C)=C/c2ccc(OCCCCCCCCCCCCCCCC)cc2)OC(=O)/C(C)=C/c2ccc(OCCCCCCCCCCCCCCCC)cc2)cc1. The molecule has 0 heterocycles. The van der Waals surface area contributed by atoms with Crippen molar-refractivity contribution in [2.45, 2.75) is 317 Å². The standard InChI is InChI=1S/C81H128O9/c1-7-10-13-16-19-22-25-28-31-34-37-40-43-46-61-85-75-55-49-72(50-56-75)64-69(4)79(82)88-67-78(90-81(84)71(6)66-74-53-59-77(60-54-74)87-63-48-45-42-39-36-33-30-27-24-21-18-15-12-9-3)68-89-80(83)70(5)65-73-51-57-76(58-52-73)86-62-47-44-41-38-35-32-29-26-23-20-17-14-11-8-2/h49-60,64-66,78H,7-48,61-63,67-68H2,1-6H3/b69-64+,70-65+,71-66+. The molecule has 9 heteroatoms. The number of benzene rings is 3. The van der Waals surface area contributed by atoms with E-state index >= 15 is 0 Å². The Morgan fingerprint density at radius 2 is 0.489 bits per heavy atom. The Labute approximate surface area is 550 Å². The Hall–Kier alpha value is -5.31. The molecular formula is C81H128O9. The van der Waals surface area contributed by atoms with E-state index in [0.29, 0.717) is 36.5 Å². The van der Waals surface area contributed by atoms with Crippen LogP contribution in [0.1, 0.15) is 328 Å². The van der Waals surface area contributed by atoms with Gasteiger partial charge in [0.2, 0.25) is 0 Å². The third-order valence-electron chi connectivity index (χ3n) is 17.1. The predicted octanol–water partition coefficient (Wildman–Crippen LogP) is 23.9. The lowest BCUT2D eigenvalue weighted by molar-refractivity contribution is -0.161. The van der Waals surface area contributed by atoms with Crippen LogP contribution in [0, 0.1) is 0 Å². The van der Waals surface area contributed by atoms with Gasteiger partial charge in [-0.25, -0.2) is 14.4 Å². The van der Waals surface area contributed by atoms with Crippen molar-refractivity contribution in [1.82, 2.24) is 0 Å². The highest BCUT2D eigenvalue weighted by molar-refractivity contribution is 5.94. The van der Waals surface area contributed by atoms with E-state index in [-0.39, 0.29) is 13.2 Å². The monoisotopic (exact) mass is 1240 g/mol. The minimum Gasteiger partial charge on any atom is -0.494 e. The van der Waals surface area contributed by atoms with E-state index in [1.54, 1.807) is 39.0 Å². The summed E-state index contributed by atoms with van der Waals surface area (Å²) >= 11 is 0. The highest BCUT2D eigenvalue weighted by Crippen LogP contribution is 2.22. The van der Waals surface area contributed by atoms with Crippen LogP contribution in [0.3, 0.4) is 0 Å². The van der Waals surface area contributed by atoms with Gasteiger partial charge in [-0.05, 0) is 111 Å². The van der Waals surface area contributed by atoms with Gasteiger partial charge >= 0.3 is 17.9 Å². The van der Waals surface area contributed by atoms with E-state index in [2.05, 4.69) is 20.8 Å². The van der Waals surface area contributed by atoms with Crippen LogP contribution in [0.15, 0.2) is 89.5 Å². The fraction of sp³-hybridized carbons (Fsp3) is 0.667. The van der Waals surface area contributed by atoms with E-state index in [9.17, 15) is 14.4 Å². The molecule has 3 aromatic rings. The van der Waals surface area contributed by atoms with Crippen molar-refractivity contribution in [2.75, 3.05) is 33.0 Å². The summed E-state index contributed by atoms with van der Waals surface area (Å²) in [7, 11) is 0. The van der Waals surface area contributed by atoms with Crippen LogP contribution in [0.2, 0.25) is 0 Å². The lowest BCUT2D eigenvalue weighted by Crippen LogP contribution is -2.31. The quantitative estimate of drug-likeness (QED) is 0.0236. The van der Waals surface area contributed by atoms with Crippen LogP contribution >= 0.6 is 0 Å². The highest BCUT2D eigenvalue weighted by atomic mass is 16.6. The maximum atomic E-state index is 13.6. The van der Waals surface area contributed by atoms with Crippen LogP contribution in [0.4, 0.5) is 0 Å². The molecular weight excluding hydrogens is 1120 g/mol. The maximum Gasteiger partial charge on any atom is 0.334 e. The lowest BCUT2D eigenvalue weighted by Gasteiger charge is -2.18. The molecule has 0 N–H and O–H groups in total. The molecule has 0 bridgehead atoms. The van der Waals surface area contributed by atoms with E-state index in [1.165, 1.54) is 250 Å². The summed E-state index contributed by atoms with van der Waals surface area (Å²) in [5.41, 5.74) is 3.50. The normalized spacial score (nSPS) is 12.3. The van der Waals surface area contributed by atoms with Gasteiger partial charge in [0.05, 0.1) is 19.8 Å². The zero-order chi connectivity index (χ0) is 64.6.